The first-order valence-corrected chi connectivity index (χ1v) is 9.92. The Labute approximate surface area is 145 Å². The van der Waals surface area contributed by atoms with Gasteiger partial charge in [-0.3, -0.25) is 0 Å². The summed E-state index contributed by atoms with van der Waals surface area (Å²) in [6, 6.07) is 16.2. The van der Waals surface area contributed by atoms with Crippen molar-refractivity contribution in [1.82, 2.24) is 5.32 Å². The van der Waals surface area contributed by atoms with Crippen LogP contribution < -0.4 is 5.32 Å². The van der Waals surface area contributed by atoms with Gasteiger partial charge in [-0.15, -0.1) is 0 Å². The molecule has 1 heteroatoms. The average Bonchev–Trinajstić information content (AvgIpc) is 2.58. The van der Waals surface area contributed by atoms with Crippen molar-refractivity contribution < 1.29 is 0 Å². The van der Waals surface area contributed by atoms with Crippen LogP contribution in [0.4, 0.5) is 0 Å². The second kappa shape index (κ2) is 5.59. The predicted molar refractivity (Wildman–Crippen MR) is 101 cm³/mol. The van der Waals surface area contributed by atoms with E-state index < -0.39 is 0 Å². The highest BCUT2D eigenvalue weighted by Crippen LogP contribution is 2.61. The van der Waals surface area contributed by atoms with Gasteiger partial charge in [-0.1, -0.05) is 42.5 Å². The molecule has 4 aliphatic carbocycles. The zero-order chi connectivity index (χ0) is 16.1. The van der Waals surface area contributed by atoms with Crippen molar-refractivity contribution in [3.63, 3.8) is 0 Å². The average molecular weight is 319 g/mol. The normalized spacial score (nSPS) is 35.5. The molecular formula is C23H29N. The van der Waals surface area contributed by atoms with Crippen molar-refractivity contribution in [2.24, 2.45) is 23.2 Å². The maximum absolute atomic E-state index is 3.95. The Hall–Kier alpha value is -1.34. The Morgan fingerprint density at radius 1 is 0.917 bits per heavy atom. The van der Waals surface area contributed by atoms with E-state index in [9.17, 15) is 0 Å². The molecule has 0 amide bonds. The molecule has 126 valence electrons. The maximum Gasteiger partial charge on any atom is 0.0214 e. The second-order valence-electron chi connectivity index (χ2n) is 9.02. The summed E-state index contributed by atoms with van der Waals surface area (Å²) in [7, 11) is 0. The van der Waals surface area contributed by atoms with E-state index in [-0.39, 0.29) is 0 Å². The zero-order valence-electron chi connectivity index (χ0n) is 14.8. The van der Waals surface area contributed by atoms with Crippen molar-refractivity contribution in [3.8, 4) is 0 Å². The van der Waals surface area contributed by atoms with Gasteiger partial charge in [0, 0.05) is 12.6 Å². The molecule has 1 N–H and O–H groups in total. The van der Waals surface area contributed by atoms with Crippen LogP contribution in [0.15, 0.2) is 42.5 Å². The second-order valence-corrected chi connectivity index (χ2v) is 9.02. The quantitative estimate of drug-likeness (QED) is 0.781. The van der Waals surface area contributed by atoms with Crippen LogP contribution in [0.25, 0.3) is 10.8 Å². The molecular weight excluding hydrogens is 290 g/mol. The van der Waals surface area contributed by atoms with Crippen LogP contribution in [-0.2, 0) is 6.54 Å². The first-order valence-electron chi connectivity index (χ1n) is 9.92. The van der Waals surface area contributed by atoms with Gasteiger partial charge >= 0.3 is 0 Å². The Balaban J connectivity index is 1.35. The number of nitrogens with one attached hydrogen (secondary N) is 1. The third kappa shape index (κ3) is 2.40. The molecule has 1 atom stereocenters. The standard InChI is InChI=1S/C23H29N/c1-16(23-12-17-9-18(13-23)11-19(10-17)14-23)24-15-21-7-4-6-20-5-2-3-8-22(20)21/h2-8,16-19,24H,9-15H2,1H3. The van der Waals surface area contributed by atoms with Crippen LogP contribution in [0, 0.1) is 23.2 Å². The lowest BCUT2D eigenvalue weighted by Crippen LogP contribution is -2.54. The summed E-state index contributed by atoms with van der Waals surface area (Å²) in [5.41, 5.74) is 2.05. The van der Waals surface area contributed by atoms with Gasteiger partial charge in [-0.05, 0) is 85.0 Å². The van der Waals surface area contributed by atoms with Crippen LogP contribution in [0.3, 0.4) is 0 Å². The van der Waals surface area contributed by atoms with E-state index in [1.165, 1.54) is 54.9 Å². The number of hydrogen-bond donors (Lipinski definition) is 1. The highest BCUT2D eigenvalue weighted by atomic mass is 14.9. The molecule has 2 aromatic rings. The number of benzene rings is 2. The maximum atomic E-state index is 3.95. The summed E-state index contributed by atoms with van der Waals surface area (Å²) in [6.07, 6.45) is 9.08. The minimum Gasteiger partial charge on any atom is -0.310 e. The summed E-state index contributed by atoms with van der Waals surface area (Å²) < 4.78 is 0. The van der Waals surface area contributed by atoms with E-state index >= 15 is 0 Å². The van der Waals surface area contributed by atoms with Crippen molar-refractivity contribution in [3.05, 3.63) is 48.0 Å². The van der Waals surface area contributed by atoms with Gasteiger partial charge < -0.3 is 5.32 Å². The van der Waals surface area contributed by atoms with E-state index in [0.717, 1.165) is 24.3 Å². The Morgan fingerprint density at radius 2 is 1.54 bits per heavy atom. The molecule has 1 nitrogen and oxygen atoms in total. The van der Waals surface area contributed by atoms with Crippen molar-refractivity contribution in [2.45, 2.75) is 58.0 Å². The monoisotopic (exact) mass is 319 g/mol. The fourth-order valence-corrected chi connectivity index (χ4v) is 6.63. The molecule has 0 spiro atoms. The van der Waals surface area contributed by atoms with Crippen LogP contribution >= 0.6 is 0 Å². The lowest BCUT2D eigenvalue weighted by molar-refractivity contribution is -0.0706. The molecule has 4 bridgehead atoms. The van der Waals surface area contributed by atoms with Crippen LogP contribution in [0.1, 0.15) is 51.0 Å². The third-order valence-corrected chi connectivity index (χ3v) is 7.48. The lowest BCUT2D eigenvalue weighted by Gasteiger charge is -2.59. The summed E-state index contributed by atoms with van der Waals surface area (Å²) in [5, 5.41) is 6.72. The Bertz CT molecular complexity index is 706. The molecule has 6 rings (SSSR count). The van der Waals surface area contributed by atoms with Crippen LogP contribution in [0.2, 0.25) is 0 Å². The molecule has 24 heavy (non-hydrogen) atoms. The third-order valence-electron chi connectivity index (χ3n) is 7.48. The fraction of sp³-hybridized carbons (Fsp3) is 0.565. The summed E-state index contributed by atoms with van der Waals surface area (Å²) >= 11 is 0. The Kier molecular flexibility index (Phi) is 3.49. The van der Waals surface area contributed by atoms with Crippen molar-refractivity contribution in [2.75, 3.05) is 0 Å². The summed E-state index contributed by atoms with van der Waals surface area (Å²) in [6.45, 7) is 3.47. The zero-order valence-corrected chi connectivity index (χ0v) is 14.8. The van der Waals surface area contributed by atoms with Crippen molar-refractivity contribution in [1.29, 1.82) is 0 Å². The van der Waals surface area contributed by atoms with Gasteiger partial charge in [0.15, 0.2) is 0 Å². The topological polar surface area (TPSA) is 12.0 Å². The van der Waals surface area contributed by atoms with Crippen LogP contribution in [-0.4, -0.2) is 6.04 Å². The largest absolute Gasteiger partial charge is 0.310 e. The highest BCUT2D eigenvalue weighted by Gasteiger charge is 2.52. The first kappa shape index (κ1) is 15.0. The summed E-state index contributed by atoms with van der Waals surface area (Å²) in [4.78, 5) is 0. The molecule has 0 heterocycles. The molecule has 0 aromatic heterocycles. The van der Waals surface area contributed by atoms with Gasteiger partial charge in [0.25, 0.3) is 0 Å². The number of fused-ring (bicyclic) bond motifs is 1. The molecule has 4 fully saturated rings. The van der Waals surface area contributed by atoms with E-state index in [0.29, 0.717) is 11.5 Å². The van der Waals surface area contributed by atoms with Crippen LogP contribution in [0.5, 0.6) is 0 Å². The highest BCUT2D eigenvalue weighted by molar-refractivity contribution is 5.85. The number of rotatable bonds is 4. The fourth-order valence-electron chi connectivity index (χ4n) is 6.63. The molecule has 4 saturated carbocycles. The molecule has 4 aliphatic rings. The Morgan fingerprint density at radius 3 is 2.25 bits per heavy atom. The van der Waals surface area contributed by atoms with E-state index in [2.05, 4.69) is 54.7 Å². The van der Waals surface area contributed by atoms with Gasteiger partial charge in [0.1, 0.15) is 0 Å². The lowest BCUT2D eigenvalue weighted by atomic mass is 9.48. The minimum atomic E-state index is 0.597. The van der Waals surface area contributed by atoms with E-state index in [4.69, 9.17) is 0 Å². The number of hydrogen-bond acceptors (Lipinski definition) is 1. The van der Waals surface area contributed by atoms with Gasteiger partial charge in [0.2, 0.25) is 0 Å². The van der Waals surface area contributed by atoms with Gasteiger partial charge in [-0.25, -0.2) is 0 Å². The molecule has 1 unspecified atom stereocenters. The van der Waals surface area contributed by atoms with Crippen molar-refractivity contribution >= 4 is 10.8 Å². The molecule has 0 radical (unpaired) electrons. The first-order chi connectivity index (χ1) is 11.7. The van der Waals surface area contributed by atoms with E-state index in [1.807, 2.05) is 0 Å². The van der Waals surface area contributed by atoms with Gasteiger partial charge in [-0.2, -0.15) is 0 Å². The van der Waals surface area contributed by atoms with Gasteiger partial charge in [0.05, 0.1) is 0 Å². The van der Waals surface area contributed by atoms with E-state index in [1.54, 1.807) is 0 Å². The molecule has 2 aromatic carbocycles. The molecule has 0 aliphatic heterocycles. The summed E-state index contributed by atoms with van der Waals surface area (Å²) in [5.74, 6) is 3.12. The smallest absolute Gasteiger partial charge is 0.0214 e. The predicted octanol–water partition coefficient (Wildman–Crippen LogP) is 5.53. The molecule has 0 saturated heterocycles. The SMILES string of the molecule is CC(NCc1cccc2ccccc12)C12CC3CC(CC(C3)C1)C2. The minimum absolute atomic E-state index is 0.597.